The van der Waals surface area contributed by atoms with Crippen LogP contribution in [0.1, 0.15) is 58.7 Å². The summed E-state index contributed by atoms with van der Waals surface area (Å²) in [5.41, 5.74) is 8.00. The van der Waals surface area contributed by atoms with Crippen LogP contribution in [0, 0.1) is 20.8 Å². The van der Waals surface area contributed by atoms with Gasteiger partial charge in [0.05, 0.1) is 29.2 Å². The molecule has 1 atom stereocenters. The van der Waals surface area contributed by atoms with Gasteiger partial charge < -0.3 is 10.6 Å². The van der Waals surface area contributed by atoms with E-state index < -0.39 is 16.9 Å². The monoisotopic (exact) mass is 523 g/mol. The molecule has 0 bridgehead atoms. The van der Waals surface area contributed by atoms with Crippen LogP contribution < -0.4 is 20.4 Å². The predicted molar refractivity (Wildman–Crippen MR) is 147 cm³/mol. The van der Waals surface area contributed by atoms with Crippen molar-refractivity contribution < 1.29 is 13.8 Å². The Kier molecular flexibility index (Phi) is 8.03. The summed E-state index contributed by atoms with van der Waals surface area (Å²) < 4.78 is 14.2. The number of benzene rings is 1. The number of rotatable bonds is 10. The van der Waals surface area contributed by atoms with Gasteiger partial charge in [0.25, 0.3) is 5.91 Å². The molecule has 4 rings (SSSR count). The molecular formula is C26H33N7O3S. The molecule has 0 saturated heterocycles. The SMILES string of the molecule is CCONC(=O)c1cnc(Nc2cc(C)nc(C)n2)cc1Nc1cc(C)c(C2CC2)cc1N(C)S(C)=O. The standard InChI is InChI=1S/C26H33N7O3S/c1-7-36-32-26(34)20-14-27-24(31-25-11-16(3)28-17(4)29-25)13-21(20)30-22-10-15(2)19(18-8-9-18)12-23(22)33(5)37(6)35/h10-14,18H,7-9H2,1-6H3,(H,32,34)(H2,27,28,29,30,31). The molecule has 1 amide bonds. The topological polar surface area (TPSA) is 121 Å². The van der Waals surface area contributed by atoms with E-state index in [1.807, 2.05) is 26.0 Å². The minimum absolute atomic E-state index is 0.296. The summed E-state index contributed by atoms with van der Waals surface area (Å²) in [5, 5.41) is 6.60. The average molecular weight is 524 g/mol. The number of aromatic nitrogens is 3. The zero-order chi connectivity index (χ0) is 26.7. The normalized spacial score (nSPS) is 13.7. The van der Waals surface area contributed by atoms with Crippen molar-refractivity contribution in [1.82, 2.24) is 20.4 Å². The highest BCUT2D eigenvalue weighted by molar-refractivity contribution is 7.85. The molecule has 0 spiro atoms. The van der Waals surface area contributed by atoms with Gasteiger partial charge in [0.1, 0.15) is 28.4 Å². The first-order valence-electron chi connectivity index (χ1n) is 12.2. The van der Waals surface area contributed by atoms with Gasteiger partial charge in [-0.25, -0.2) is 24.6 Å². The van der Waals surface area contributed by atoms with E-state index in [0.29, 0.717) is 41.2 Å². The van der Waals surface area contributed by atoms with E-state index in [4.69, 9.17) is 4.84 Å². The van der Waals surface area contributed by atoms with Crippen molar-refractivity contribution in [1.29, 1.82) is 0 Å². The Morgan fingerprint density at radius 1 is 1.08 bits per heavy atom. The van der Waals surface area contributed by atoms with Crippen LogP contribution in [0.25, 0.3) is 0 Å². The second-order valence-corrected chi connectivity index (χ2v) is 10.5. The van der Waals surface area contributed by atoms with Crippen LogP contribution in [-0.4, -0.2) is 45.0 Å². The van der Waals surface area contributed by atoms with E-state index in [1.54, 1.807) is 30.6 Å². The minimum atomic E-state index is -1.24. The number of hydroxylamine groups is 1. The van der Waals surface area contributed by atoms with Gasteiger partial charge in [-0.15, -0.1) is 0 Å². The van der Waals surface area contributed by atoms with E-state index >= 15 is 0 Å². The Labute approximate surface area is 219 Å². The highest BCUT2D eigenvalue weighted by atomic mass is 32.2. The minimum Gasteiger partial charge on any atom is -0.353 e. The molecule has 2 aromatic heterocycles. The first-order valence-corrected chi connectivity index (χ1v) is 13.7. The number of carbonyl (C=O) groups is 1. The highest BCUT2D eigenvalue weighted by Gasteiger charge is 2.27. The lowest BCUT2D eigenvalue weighted by Crippen LogP contribution is -2.25. The molecule has 11 heteroatoms. The molecule has 1 aliphatic rings. The fraction of sp³-hybridized carbons (Fsp3) is 0.385. The van der Waals surface area contributed by atoms with Crippen LogP contribution in [0.15, 0.2) is 30.5 Å². The van der Waals surface area contributed by atoms with Crippen molar-refractivity contribution in [2.75, 3.05) is 34.8 Å². The van der Waals surface area contributed by atoms with Crippen LogP contribution in [0.4, 0.5) is 28.7 Å². The number of anilines is 5. The van der Waals surface area contributed by atoms with Gasteiger partial charge in [0.2, 0.25) is 0 Å². The lowest BCUT2D eigenvalue weighted by atomic mass is 10.0. The molecular weight excluding hydrogens is 490 g/mol. The molecule has 1 unspecified atom stereocenters. The summed E-state index contributed by atoms with van der Waals surface area (Å²) in [4.78, 5) is 31.2. The third kappa shape index (κ3) is 6.41. The summed E-state index contributed by atoms with van der Waals surface area (Å²) in [6.45, 7) is 7.90. The molecule has 3 aromatic rings. The first kappa shape index (κ1) is 26.5. The third-order valence-corrected chi connectivity index (χ3v) is 7.04. The molecule has 196 valence electrons. The van der Waals surface area contributed by atoms with E-state index in [1.165, 1.54) is 11.8 Å². The molecule has 3 N–H and O–H groups in total. The number of nitrogens with one attached hydrogen (secondary N) is 3. The van der Waals surface area contributed by atoms with Gasteiger partial charge in [-0.3, -0.25) is 13.9 Å². The smallest absolute Gasteiger partial charge is 0.278 e. The molecule has 2 heterocycles. The molecule has 37 heavy (non-hydrogen) atoms. The van der Waals surface area contributed by atoms with Gasteiger partial charge >= 0.3 is 0 Å². The third-order valence-electron chi connectivity index (χ3n) is 6.08. The molecule has 10 nitrogen and oxygen atoms in total. The van der Waals surface area contributed by atoms with Crippen LogP contribution in [0.3, 0.4) is 0 Å². The molecule has 0 radical (unpaired) electrons. The summed E-state index contributed by atoms with van der Waals surface area (Å²) in [7, 11) is 0.560. The second-order valence-electron chi connectivity index (χ2n) is 9.09. The second kappa shape index (κ2) is 11.2. The van der Waals surface area contributed by atoms with Crippen molar-refractivity contribution >= 4 is 45.6 Å². The zero-order valence-electron chi connectivity index (χ0n) is 22.0. The maximum atomic E-state index is 12.9. The van der Waals surface area contributed by atoms with E-state index in [0.717, 1.165) is 35.5 Å². The molecule has 1 aromatic carbocycles. The summed E-state index contributed by atoms with van der Waals surface area (Å²) in [5.74, 6) is 1.84. The Balaban J connectivity index is 1.76. The van der Waals surface area contributed by atoms with Gasteiger partial charge in [0, 0.05) is 37.3 Å². The quantitative estimate of drug-likeness (QED) is 0.330. The van der Waals surface area contributed by atoms with Gasteiger partial charge in [-0.1, -0.05) is 0 Å². The molecule has 0 aliphatic heterocycles. The highest BCUT2D eigenvalue weighted by Crippen LogP contribution is 2.45. The number of aryl methyl sites for hydroxylation is 3. The lowest BCUT2D eigenvalue weighted by molar-refractivity contribution is 0.0365. The van der Waals surface area contributed by atoms with Gasteiger partial charge in [-0.2, -0.15) is 0 Å². The number of hydrogen-bond donors (Lipinski definition) is 3. The summed E-state index contributed by atoms with van der Waals surface area (Å²) in [6, 6.07) is 7.70. The fourth-order valence-electron chi connectivity index (χ4n) is 4.10. The Hall–Kier alpha value is -3.57. The van der Waals surface area contributed by atoms with Crippen molar-refractivity contribution in [3.05, 3.63) is 58.7 Å². The Bertz CT molecular complexity index is 1320. The van der Waals surface area contributed by atoms with Gasteiger partial charge in [0.15, 0.2) is 0 Å². The van der Waals surface area contributed by atoms with Crippen LogP contribution in [0.2, 0.25) is 0 Å². The molecule has 1 fully saturated rings. The summed E-state index contributed by atoms with van der Waals surface area (Å²) >= 11 is 0. The maximum absolute atomic E-state index is 12.9. The Morgan fingerprint density at radius 3 is 2.49 bits per heavy atom. The van der Waals surface area contributed by atoms with Crippen molar-refractivity contribution in [3.8, 4) is 0 Å². The molecule has 1 aliphatic carbocycles. The number of amides is 1. The first-order chi connectivity index (χ1) is 17.7. The number of carbonyl (C=O) groups excluding carboxylic acids is 1. The zero-order valence-corrected chi connectivity index (χ0v) is 22.8. The molecule has 1 saturated carbocycles. The number of nitrogens with zero attached hydrogens (tertiary/aromatic N) is 4. The largest absolute Gasteiger partial charge is 0.353 e. The van der Waals surface area contributed by atoms with E-state index in [2.05, 4.69) is 44.1 Å². The van der Waals surface area contributed by atoms with Crippen molar-refractivity contribution in [2.45, 2.75) is 46.5 Å². The maximum Gasteiger partial charge on any atom is 0.278 e. The van der Waals surface area contributed by atoms with Gasteiger partial charge in [-0.05, 0) is 69.7 Å². The number of hydrogen-bond acceptors (Lipinski definition) is 8. The predicted octanol–water partition coefficient (Wildman–Crippen LogP) is 4.57. The van der Waals surface area contributed by atoms with Crippen molar-refractivity contribution in [2.24, 2.45) is 0 Å². The van der Waals surface area contributed by atoms with Crippen LogP contribution >= 0.6 is 0 Å². The number of pyridine rings is 1. The lowest BCUT2D eigenvalue weighted by Gasteiger charge is -2.23. The van der Waals surface area contributed by atoms with E-state index in [-0.39, 0.29) is 0 Å². The average Bonchev–Trinajstić information content (AvgIpc) is 3.67. The fourth-order valence-corrected chi connectivity index (χ4v) is 4.53. The van der Waals surface area contributed by atoms with Crippen LogP contribution in [0.5, 0.6) is 0 Å². The Morgan fingerprint density at radius 2 is 1.84 bits per heavy atom. The summed E-state index contributed by atoms with van der Waals surface area (Å²) in [6.07, 6.45) is 5.44. The van der Waals surface area contributed by atoms with Crippen LogP contribution in [-0.2, 0) is 15.8 Å². The van der Waals surface area contributed by atoms with E-state index in [9.17, 15) is 9.00 Å². The van der Waals surface area contributed by atoms with Crippen molar-refractivity contribution in [3.63, 3.8) is 0 Å².